The first kappa shape index (κ1) is 9.98. The molecular weight excluding hydrogens is 190 g/mol. The number of nitrogens with zero attached hydrogens (tertiary/aromatic N) is 2. The Bertz CT molecular complexity index is 430. The molecule has 0 unspecified atom stereocenters. The lowest BCUT2D eigenvalue weighted by Crippen LogP contribution is -2.14. The molecule has 0 fully saturated rings. The van der Waals surface area contributed by atoms with Crippen LogP contribution in [0.3, 0.4) is 0 Å². The summed E-state index contributed by atoms with van der Waals surface area (Å²) in [5, 5.41) is 3.30. The number of hydrogen-bond acceptors (Lipinski definition) is 3. The highest BCUT2D eigenvalue weighted by atomic mass is 16.3. The van der Waals surface area contributed by atoms with E-state index in [9.17, 15) is 0 Å². The largest absolute Gasteiger partial charge is 0.465 e. The van der Waals surface area contributed by atoms with Crippen LogP contribution in [0.2, 0.25) is 0 Å². The molecule has 4 heteroatoms. The molecule has 0 aliphatic rings. The van der Waals surface area contributed by atoms with Crippen molar-refractivity contribution in [3.05, 3.63) is 41.9 Å². The third-order valence-corrected chi connectivity index (χ3v) is 2.32. The van der Waals surface area contributed by atoms with E-state index in [0.717, 1.165) is 24.6 Å². The van der Waals surface area contributed by atoms with Gasteiger partial charge in [0.1, 0.15) is 11.5 Å². The second-order valence-corrected chi connectivity index (χ2v) is 3.61. The highest BCUT2D eigenvalue weighted by Crippen LogP contribution is 2.05. The van der Waals surface area contributed by atoms with Crippen molar-refractivity contribution in [2.75, 3.05) is 0 Å². The third-order valence-electron chi connectivity index (χ3n) is 2.32. The highest BCUT2D eigenvalue weighted by molar-refractivity contribution is 5.05. The van der Waals surface area contributed by atoms with Crippen molar-refractivity contribution in [1.29, 1.82) is 0 Å². The van der Waals surface area contributed by atoms with Gasteiger partial charge in [0.2, 0.25) is 0 Å². The number of rotatable bonds is 4. The summed E-state index contributed by atoms with van der Waals surface area (Å²) < 4.78 is 7.45. The molecule has 0 bridgehead atoms. The van der Waals surface area contributed by atoms with Crippen LogP contribution in [0.25, 0.3) is 0 Å². The van der Waals surface area contributed by atoms with E-state index in [4.69, 9.17) is 4.42 Å². The second-order valence-electron chi connectivity index (χ2n) is 3.61. The van der Waals surface area contributed by atoms with Crippen molar-refractivity contribution in [1.82, 2.24) is 14.9 Å². The quantitative estimate of drug-likeness (QED) is 0.824. The summed E-state index contributed by atoms with van der Waals surface area (Å²) in [4.78, 5) is 4.05. The molecule has 15 heavy (non-hydrogen) atoms. The molecule has 0 spiro atoms. The standard InChI is InChI=1S/C11H15N3O/c1-9-3-4-11(15-9)7-12-5-10-6-13-8-14(10)2/h3-4,6,8,12H,5,7H2,1-2H3. The van der Waals surface area contributed by atoms with Crippen LogP contribution in [0, 0.1) is 6.92 Å². The summed E-state index contributed by atoms with van der Waals surface area (Å²) in [6, 6.07) is 3.96. The van der Waals surface area contributed by atoms with E-state index in [0.29, 0.717) is 0 Å². The third kappa shape index (κ3) is 2.47. The van der Waals surface area contributed by atoms with Gasteiger partial charge in [0.05, 0.1) is 18.6 Å². The SMILES string of the molecule is Cc1ccc(CNCc2cncn2C)o1. The molecule has 2 heterocycles. The lowest BCUT2D eigenvalue weighted by atomic mass is 10.4. The van der Waals surface area contributed by atoms with E-state index in [1.54, 1.807) is 6.33 Å². The Morgan fingerprint density at radius 3 is 2.87 bits per heavy atom. The van der Waals surface area contributed by atoms with Gasteiger partial charge in [-0.1, -0.05) is 0 Å². The van der Waals surface area contributed by atoms with Gasteiger partial charge in [-0.2, -0.15) is 0 Å². The smallest absolute Gasteiger partial charge is 0.117 e. The van der Waals surface area contributed by atoms with Gasteiger partial charge in [-0.25, -0.2) is 4.98 Å². The van der Waals surface area contributed by atoms with E-state index >= 15 is 0 Å². The molecule has 2 aromatic rings. The van der Waals surface area contributed by atoms with Gasteiger partial charge in [0, 0.05) is 19.8 Å². The minimum atomic E-state index is 0.749. The zero-order chi connectivity index (χ0) is 10.7. The lowest BCUT2D eigenvalue weighted by molar-refractivity contribution is 0.459. The Labute approximate surface area is 88.9 Å². The molecular formula is C11H15N3O. The van der Waals surface area contributed by atoms with Gasteiger partial charge in [0.15, 0.2) is 0 Å². The minimum Gasteiger partial charge on any atom is -0.465 e. The topological polar surface area (TPSA) is 43.0 Å². The van der Waals surface area contributed by atoms with E-state index in [1.165, 1.54) is 5.69 Å². The van der Waals surface area contributed by atoms with Crippen LogP contribution in [0.5, 0.6) is 0 Å². The molecule has 4 nitrogen and oxygen atoms in total. The zero-order valence-electron chi connectivity index (χ0n) is 9.03. The summed E-state index contributed by atoms with van der Waals surface area (Å²) in [6.45, 7) is 3.50. The molecule has 0 saturated heterocycles. The predicted octanol–water partition coefficient (Wildman–Crippen LogP) is 1.61. The van der Waals surface area contributed by atoms with Gasteiger partial charge in [-0.15, -0.1) is 0 Å². The van der Waals surface area contributed by atoms with Gasteiger partial charge in [0.25, 0.3) is 0 Å². The van der Waals surface area contributed by atoms with Crippen molar-refractivity contribution < 1.29 is 4.42 Å². The Balaban J connectivity index is 1.83. The molecule has 80 valence electrons. The Kier molecular flexibility index (Phi) is 2.87. The van der Waals surface area contributed by atoms with Crippen LogP contribution in [0.1, 0.15) is 17.2 Å². The number of hydrogen-bond donors (Lipinski definition) is 1. The fraction of sp³-hybridized carbons (Fsp3) is 0.364. The minimum absolute atomic E-state index is 0.749. The summed E-state index contributed by atoms with van der Waals surface area (Å²) in [6.07, 6.45) is 3.66. The molecule has 0 aromatic carbocycles. The maximum Gasteiger partial charge on any atom is 0.117 e. The zero-order valence-corrected chi connectivity index (χ0v) is 9.03. The van der Waals surface area contributed by atoms with Gasteiger partial charge < -0.3 is 14.3 Å². The summed E-state index contributed by atoms with van der Waals surface area (Å²) >= 11 is 0. The molecule has 0 radical (unpaired) electrons. The number of furan rings is 1. The molecule has 2 aromatic heterocycles. The Morgan fingerprint density at radius 2 is 2.27 bits per heavy atom. The fourth-order valence-corrected chi connectivity index (χ4v) is 1.45. The molecule has 2 rings (SSSR count). The predicted molar refractivity (Wildman–Crippen MR) is 57.2 cm³/mol. The Morgan fingerprint density at radius 1 is 1.40 bits per heavy atom. The first-order valence-corrected chi connectivity index (χ1v) is 4.97. The van der Waals surface area contributed by atoms with Crippen LogP contribution >= 0.6 is 0 Å². The first-order chi connectivity index (χ1) is 7.25. The van der Waals surface area contributed by atoms with E-state index in [-0.39, 0.29) is 0 Å². The number of aryl methyl sites for hydroxylation is 2. The first-order valence-electron chi connectivity index (χ1n) is 4.97. The van der Waals surface area contributed by atoms with E-state index < -0.39 is 0 Å². The van der Waals surface area contributed by atoms with Crippen LogP contribution in [0.15, 0.2) is 29.1 Å². The van der Waals surface area contributed by atoms with Crippen molar-refractivity contribution in [3.63, 3.8) is 0 Å². The molecule has 0 atom stereocenters. The second kappa shape index (κ2) is 4.31. The van der Waals surface area contributed by atoms with Crippen LogP contribution < -0.4 is 5.32 Å². The average Bonchev–Trinajstić information content (AvgIpc) is 2.77. The summed E-state index contributed by atoms with van der Waals surface area (Å²) in [7, 11) is 1.99. The molecule has 0 aliphatic carbocycles. The van der Waals surface area contributed by atoms with Crippen LogP contribution in [0.4, 0.5) is 0 Å². The number of imidazole rings is 1. The van der Waals surface area contributed by atoms with Crippen molar-refractivity contribution in [2.24, 2.45) is 7.05 Å². The molecule has 0 saturated carbocycles. The van der Waals surface area contributed by atoms with Gasteiger partial charge in [-0.3, -0.25) is 0 Å². The van der Waals surface area contributed by atoms with Gasteiger partial charge in [-0.05, 0) is 19.1 Å². The van der Waals surface area contributed by atoms with Gasteiger partial charge >= 0.3 is 0 Å². The van der Waals surface area contributed by atoms with Crippen molar-refractivity contribution in [2.45, 2.75) is 20.0 Å². The molecule has 0 aliphatic heterocycles. The monoisotopic (exact) mass is 205 g/mol. The summed E-state index contributed by atoms with van der Waals surface area (Å²) in [5.74, 6) is 1.92. The maximum atomic E-state index is 5.45. The fourth-order valence-electron chi connectivity index (χ4n) is 1.45. The van der Waals surface area contributed by atoms with E-state index in [1.807, 2.05) is 36.9 Å². The number of aromatic nitrogens is 2. The van der Waals surface area contributed by atoms with Crippen LogP contribution in [-0.2, 0) is 20.1 Å². The maximum absolute atomic E-state index is 5.45. The lowest BCUT2D eigenvalue weighted by Gasteiger charge is -2.03. The normalized spacial score (nSPS) is 10.8. The average molecular weight is 205 g/mol. The Hall–Kier alpha value is -1.55. The van der Waals surface area contributed by atoms with Crippen molar-refractivity contribution in [3.8, 4) is 0 Å². The van der Waals surface area contributed by atoms with E-state index in [2.05, 4.69) is 10.3 Å². The van der Waals surface area contributed by atoms with Crippen LogP contribution in [-0.4, -0.2) is 9.55 Å². The number of nitrogens with one attached hydrogen (secondary N) is 1. The van der Waals surface area contributed by atoms with Crippen molar-refractivity contribution >= 4 is 0 Å². The highest BCUT2D eigenvalue weighted by Gasteiger charge is 2.00. The summed E-state index contributed by atoms with van der Waals surface area (Å²) in [5.41, 5.74) is 1.17. The molecule has 1 N–H and O–H groups in total. The molecule has 0 amide bonds.